The Morgan fingerprint density at radius 1 is 0.947 bits per heavy atom. The van der Waals surface area contributed by atoms with Crippen LogP contribution < -0.4 is 10.2 Å². The van der Waals surface area contributed by atoms with Gasteiger partial charge < -0.3 is 10.2 Å². The van der Waals surface area contributed by atoms with Gasteiger partial charge in [0.1, 0.15) is 15.8 Å². The number of Topliss-reactive ketones (excluding diaryl/α,β-unsaturated/α-hetero) is 1. The zero-order valence-corrected chi connectivity index (χ0v) is 22.2. The molecule has 1 aromatic carbocycles. The Bertz CT molecular complexity index is 1390. The van der Waals surface area contributed by atoms with Gasteiger partial charge in [-0.2, -0.15) is 0 Å². The van der Waals surface area contributed by atoms with Gasteiger partial charge in [0, 0.05) is 42.3 Å². The molecule has 9 nitrogen and oxygen atoms in total. The van der Waals surface area contributed by atoms with E-state index in [1.54, 1.807) is 18.3 Å². The number of halogens is 1. The summed E-state index contributed by atoms with van der Waals surface area (Å²) in [6.07, 6.45) is 4.28. The van der Waals surface area contributed by atoms with Gasteiger partial charge in [-0.1, -0.05) is 29.8 Å². The van der Waals surface area contributed by atoms with Crippen LogP contribution in [-0.2, 0) is 28.9 Å². The summed E-state index contributed by atoms with van der Waals surface area (Å²) in [5.41, 5.74) is 1.60. The molecule has 4 aromatic rings. The lowest BCUT2D eigenvalue weighted by Gasteiger charge is -2.31. The van der Waals surface area contributed by atoms with Crippen LogP contribution in [0.5, 0.6) is 0 Å². The predicted octanol–water partition coefficient (Wildman–Crippen LogP) is 4.30. The van der Waals surface area contributed by atoms with Crippen molar-refractivity contribution in [2.24, 2.45) is 0 Å². The van der Waals surface area contributed by atoms with Crippen LogP contribution in [0, 0.1) is 0 Å². The van der Waals surface area contributed by atoms with Crippen molar-refractivity contribution in [2.75, 3.05) is 23.3 Å². The molecule has 194 valence electrons. The minimum Gasteiger partial charge on any atom is -0.355 e. The Labute approximate surface area is 229 Å². The lowest BCUT2D eigenvalue weighted by Crippen LogP contribution is -2.33. The fourth-order valence-corrected chi connectivity index (χ4v) is 5.63. The van der Waals surface area contributed by atoms with Crippen molar-refractivity contribution in [3.8, 4) is 0 Å². The van der Waals surface area contributed by atoms with E-state index < -0.39 is 0 Å². The first-order valence-corrected chi connectivity index (χ1v) is 13.6. The number of pyridine rings is 1. The molecular weight excluding hydrogens is 522 g/mol. The fraction of sp³-hybridized carbons (Fsp3) is 0.296. The molecule has 1 saturated heterocycles. The third-order valence-electron chi connectivity index (χ3n) is 6.28. The number of carbonyl (C=O) groups is 2. The van der Waals surface area contributed by atoms with E-state index in [1.807, 2.05) is 42.5 Å². The summed E-state index contributed by atoms with van der Waals surface area (Å²) in [5, 5.41) is 22.3. The van der Waals surface area contributed by atoms with Gasteiger partial charge in [-0.25, -0.2) is 0 Å². The molecule has 38 heavy (non-hydrogen) atoms. The van der Waals surface area contributed by atoms with Crippen molar-refractivity contribution in [3.63, 3.8) is 0 Å². The highest BCUT2D eigenvalue weighted by Gasteiger charge is 2.25. The van der Waals surface area contributed by atoms with Gasteiger partial charge in [0.25, 0.3) is 0 Å². The summed E-state index contributed by atoms with van der Waals surface area (Å²) in [4.78, 5) is 31.1. The maximum absolute atomic E-state index is 12.5. The number of carbonyl (C=O) groups excluding carboxylic acids is 2. The summed E-state index contributed by atoms with van der Waals surface area (Å²) < 4.78 is 0. The van der Waals surface area contributed by atoms with Crippen LogP contribution in [0.2, 0.25) is 5.02 Å². The van der Waals surface area contributed by atoms with Crippen LogP contribution in [0.3, 0.4) is 0 Å². The number of rotatable bonds is 9. The van der Waals surface area contributed by atoms with Crippen LogP contribution in [0.4, 0.5) is 11.6 Å². The molecule has 0 saturated carbocycles. The molecule has 1 N–H and O–H groups in total. The minimum atomic E-state index is -0.186. The molecule has 4 heterocycles. The molecule has 1 amide bonds. The lowest BCUT2D eigenvalue weighted by atomic mass is 9.98. The molecule has 0 spiro atoms. The van der Waals surface area contributed by atoms with Crippen molar-refractivity contribution >= 4 is 46.3 Å². The standard InChI is InChI=1S/C27H26ClN7O2S/c28-20-5-3-4-18(14-20)15-22(36)17-26-33-34-27(38-26)19-9-12-35(13-10-19)24-8-7-23(31-32-24)30-25(37)16-21-6-1-2-11-29-21/h1-8,11,14,19H,9-10,12-13,15-17H2,(H,30,31,37). The number of aromatic nitrogens is 5. The third-order valence-corrected chi connectivity index (χ3v) is 7.60. The van der Waals surface area contributed by atoms with Gasteiger partial charge in [-0.05, 0) is 54.8 Å². The van der Waals surface area contributed by atoms with E-state index >= 15 is 0 Å². The van der Waals surface area contributed by atoms with E-state index in [0.29, 0.717) is 28.9 Å². The van der Waals surface area contributed by atoms with Gasteiger partial charge in [-0.15, -0.1) is 31.7 Å². The van der Waals surface area contributed by atoms with Crippen LogP contribution in [0.1, 0.15) is 40.0 Å². The zero-order chi connectivity index (χ0) is 26.3. The zero-order valence-electron chi connectivity index (χ0n) is 20.6. The summed E-state index contributed by atoms with van der Waals surface area (Å²) >= 11 is 7.54. The van der Waals surface area contributed by atoms with E-state index in [4.69, 9.17) is 11.6 Å². The number of benzene rings is 1. The summed E-state index contributed by atoms with van der Waals surface area (Å²) in [6.45, 7) is 1.63. The topological polar surface area (TPSA) is 114 Å². The Morgan fingerprint density at radius 2 is 1.82 bits per heavy atom. The van der Waals surface area contributed by atoms with E-state index in [2.05, 4.69) is 35.6 Å². The van der Waals surface area contributed by atoms with E-state index in [-0.39, 0.29) is 24.5 Å². The second-order valence-electron chi connectivity index (χ2n) is 9.14. The molecular formula is C27H26ClN7O2S. The molecule has 0 atom stereocenters. The fourth-order valence-electron chi connectivity index (χ4n) is 4.38. The van der Waals surface area contributed by atoms with Crippen LogP contribution >= 0.6 is 22.9 Å². The van der Waals surface area contributed by atoms with Crippen molar-refractivity contribution in [1.29, 1.82) is 0 Å². The van der Waals surface area contributed by atoms with Crippen LogP contribution in [0.15, 0.2) is 60.8 Å². The Balaban J connectivity index is 1.09. The highest BCUT2D eigenvalue weighted by atomic mass is 35.5. The third kappa shape index (κ3) is 6.96. The molecule has 0 radical (unpaired) electrons. The average molecular weight is 548 g/mol. The summed E-state index contributed by atoms with van der Waals surface area (Å²) in [7, 11) is 0. The summed E-state index contributed by atoms with van der Waals surface area (Å²) in [5.74, 6) is 1.40. The predicted molar refractivity (Wildman–Crippen MR) is 147 cm³/mol. The molecule has 0 unspecified atom stereocenters. The number of nitrogens with zero attached hydrogens (tertiary/aromatic N) is 6. The van der Waals surface area contributed by atoms with Crippen molar-refractivity contribution in [1.82, 2.24) is 25.4 Å². The van der Waals surface area contributed by atoms with Gasteiger partial charge in [0.05, 0.1) is 12.8 Å². The molecule has 5 rings (SSSR count). The van der Waals surface area contributed by atoms with Gasteiger partial charge in [-0.3, -0.25) is 14.6 Å². The lowest BCUT2D eigenvalue weighted by molar-refractivity contribution is -0.118. The van der Waals surface area contributed by atoms with Gasteiger partial charge in [0.15, 0.2) is 11.6 Å². The Kier molecular flexibility index (Phi) is 8.30. The number of nitrogens with one attached hydrogen (secondary N) is 1. The summed E-state index contributed by atoms with van der Waals surface area (Å²) in [6, 6.07) is 16.5. The van der Waals surface area contributed by atoms with Gasteiger partial charge >= 0.3 is 0 Å². The highest BCUT2D eigenvalue weighted by Crippen LogP contribution is 2.32. The van der Waals surface area contributed by atoms with Crippen LogP contribution in [-0.4, -0.2) is 50.2 Å². The number of piperidine rings is 1. The van der Waals surface area contributed by atoms with E-state index in [1.165, 1.54) is 11.3 Å². The quantitative estimate of drug-likeness (QED) is 0.330. The van der Waals surface area contributed by atoms with Crippen molar-refractivity contribution in [2.45, 2.75) is 38.0 Å². The number of ketones is 1. The normalized spacial score (nSPS) is 13.9. The SMILES string of the molecule is O=C(Cc1cccc(Cl)c1)Cc1nnc(C2CCN(c3ccc(NC(=O)Cc4ccccn4)nn3)CC2)s1. The molecule has 11 heteroatoms. The van der Waals surface area contributed by atoms with Gasteiger partial charge in [0.2, 0.25) is 5.91 Å². The molecule has 1 aliphatic rings. The Morgan fingerprint density at radius 3 is 2.55 bits per heavy atom. The second-order valence-corrected chi connectivity index (χ2v) is 10.7. The smallest absolute Gasteiger partial charge is 0.231 e. The molecule has 0 aliphatic carbocycles. The van der Waals surface area contributed by atoms with E-state index in [0.717, 1.165) is 47.3 Å². The second kappa shape index (κ2) is 12.2. The van der Waals surface area contributed by atoms with Crippen molar-refractivity contribution < 1.29 is 9.59 Å². The average Bonchev–Trinajstić information content (AvgIpc) is 3.38. The number of hydrogen-bond donors (Lipinski definition) is 1. The molecule has 1 fully saturated rings. The largest absolute Gasteiger partial charge is 0.355 e. The molecule has 3 aromatic heterocycles. The highest BCUT2D eigenvalue weighted by molar-refractivity contribution is 7.11. The first kappa shape index (κ1) is 25.9. The number of anilines is 2. The first-order valence-electron chi connectivity index (χ1n) is 12.4. The number of amides is 1. The van der Waals surface area contributed by atoms with Crippen molar-refractivity contribution in [3.05, 3.63) is 87.1 Å². The maximum Gasteiger partial charge on any atom is 0.231 e. The molecule has 1 aliphatic heterocycles. The van der Waals surface area contributed by atoms with Crippen LogP contribution in [0.25, 0.3) is 0 Å². The maximum atomic E-state index is 12.5. The first-order chi connectivity index (χ1) is 18.5. The Hall–Kier alpha value is -3.76. The minimum absolute atomic E-state index is 0.0970. The van der Waals surface area contributed by atoms with E-state index in [9.17, 15) is 9.59 Å². The monoisotopic (exact) mass is 547 g/mol. The molecule has 0 bridgehead atoms. The number of hydrogen-bond acceptors (Lipinski definition) is 9.